The monoisotopic (exact) mass is 396 g/mol. The predicted molar refractivity (Wildman–Crippen MR) is 107 cm³/mol. The summed E-state index contributed by atoms with van der Waals surface area (Å²) >= 11 is 0. The largest absolute Gasteiger partial charge is 0.497 e. The first-order valence-electron chi connectivity index (χ1n) is 8.57. The molecule has 144 valence electrons. The van der Waals surface area contributed by atoms with E-state index < -0.39 is 22.1 Å². The van der Waals surface area contributed by atoms with Crippen LogP contribution in [0.2, 0.25) is 0 Å². The Kier molecular flexibility index (Phi) is 5.96. The highest BCUT2D eigenvalue weighted by Crippen LogP contribution is 2.22. The van der Waals surface area contributed by atoms with Crippen molar-refractivity contribution in [3.05, 3.63) is 96.1 Å². The van der Waals surface area contributed by atoms with Gasteiger partial charge in [0, 0.05) is 0 Å². The standard InChI is InChI=1S/C21H20N2O4S/c1-27-18-12-14-19(15-13-18)28(25,26)23-21(24)22-20(16-8-4-2-5-9-16)17-10-6-3-7-11-17/h2-15,20H,1H3,(H2,22,23,24). The molecular formula is C21H20N2O4S. The van der Waals surface area contributed by atoms with E-state index in [4.69, 9.17) is 4.74 Å². The first kappa shape index (κ1) is 19.4. The summed E-state index contributed by atoms with van der Waals surface area (Å²) in [5.41, 5.74) is 1.68. The molecule has 0 aliphatic rings. The Morgan fingerprint density at radius 2 is 1.32 bits per heavy atom. The summed E-state index contributed by atoms with van der Waals surface area (Å²) in [5.74, 6) is 0.525. The van der Waals surface area contributed by atoms with Gasteiger partial charge in [-0.2, -0.15) is 0 Å². The lowest BCUT2D eigenvalue weighted by Gasteiger charge is -2.20. The second-order valence-corrected chi connectivity index (χ2v) is 7.69. The maximum Gasteiger partial charge on any atom is 0.329 e. The van der Waals surface area contributed by atoms with Crippen molar-refractivity contribution in [2.45, 2.75) is 10.9 Å². The van der Waals surface area contributed by atoms with Gasteiger partial charge in [-0.05, 0) is 35.4 Å². The quantitative estimate of drug-likeness (QED) is 0.668. The zero-order chi connectivity index (χ0) is 20.0. The van der Waals surface area contributed by atoms with Crippen LogP contribution >= 0.6 is 0 Å². The van der Waals surface area contributed by atoms with Crippen LogP contribution in [-0.2, 0) is 10.0 Å². The molecule has 2 amide bonds. The smallest absolute Gasteiger partial charge is 0.329 e. The molecule has 0 atom stereocenters. The number of hydrogen-bond donors (Lipinski definition) is 2. The van der Waals surface area contributed by atoms with Crippen LogP contribution in [0.3, 0.4) is 0 Å². The molecule has 0 aliphatic carbocycles. The van der Waals surface area contributed by atoms with Gasteiger partial charge in [0.15, 0.2) is 0 Å². The van der Waals surface area contributed by atoms with Crippen LogP contribution in [-0.4, -0.2) is 21.6 Å². The van der Waals surface area contributed by atoms with Gasteiger partial charge >= 0.3 is 6.03 Å². The minimum absolute atomic E-state index is 0.0283. The van der Waals surface area contributed by atoms with Crippen molar-refractivity contribution in [1.29, 1.82) is 0 Å². The van der Waals surface area contributed by atoms with Gasteiger partial charge in [0.2, 0.25) is 0 Å². The van der Waals surface area contributed by atoms with Gasteiger partial charge in [0.05, 0.1) is 18.0 Å². The third-order valence-electron chi connectivity index (χ3n) is 4.14. The first-order chi connectivity index (χ1) is 13.5. The lowest BCUT2D eigenvalue weighted by molar-refractivity contribution is 0.243. The van der Waals surface area contributed by atoms with Gasteiger partial charge in [0.25, 0.3) is 10.0 Å². The molecule has 28 heavy (non-hydrogen) atoms. The molecule has 0 aromatic heterocycles. The number of ether oxygens (including phenoxy) is 1. The summed E-state index contributed by atoms with van der Waals surface area (Å²) in [7, 11) is -2.52. The number of sulfonamides is 1. The summed E-state index contributed by atoms with van der Waals surface area (Å²) in [6.45, 7) is 0. The van der Waals surface area contributed by atoms with Crippen molar-refractivity contribution in [2.75, 3.05) is 7.11 Å². The van der Waals surface area contributed by atoms with Crippen molar-refractivity contribution in [3.8, 4) is 5.75 Å². The van der Waals surface area contributed by atoms with Gasteiger partial charge in [-0.3, -0.25) is 0 Å². The zero-order valence-electron chi connectivity index (χ0n) is 15.2. The van der Waals surface area contributed by atoms with E-state index >= 15 is 0 Å². The van der Waals surface area contributed by atoms with Gasteiger partial charge in [-0.1, -0.05) is 60.7 Å². The first-order valence-corrected chi connectivity index (χ1v) is 10.1. The van der Waals surface area contributed by atoms with Crippen LogP contribution in [0, 0.1) is 0 Å². The number of carbonyl (C=O) groups is 1. The Balaban J connectivity index is 1.80. The SMILES string of the molecule is COc1ccc(S(=O)(=O)NC(=O)NC(c2ccccc2)c2ccccc2)cc1. The van der Waals surface area contributed by atoms with Gasteiger partial charge in [0.1, 0.15) is 5.75 Å². The normalized spacial score (nSPS) is 11.1. The molecular weight excluding hydrogens is 376 g/mol. The molecule has 0 bridgehead atoms. The Morgan fingerprint density at radius 3 is 1.79 bits per heavy atom. The second kappa shape index (κ2) is 8.58. The van der Waals surface area contributed by atoms with Crippen molar-refractivity contribution >= 4 is 16.1 Å². The summed E-state index contributed by atoms with van der Waals surface area (Å²) in [6, 6.07) is 23.2. The minimum atomic E-state index is -4.01. The van der Waals surface area contributed by atoms with Crippen molar-refractivity contribution in [2.24, 2.45) is 0 Å². The lowest BCUT2D eigenvalue weighted by atomic mass is 9.99. The molecule has 0 unspecified atom stereocenters. The highest BCUT2D eigenvalue weighted by molar-refractivity contribution is 7.90. The second-order valence-electron chi connectivity index (χ2n) is 6.01. The van der Waals surface area contributed by atoms with Crippen LogP contribution in [0.4, 0.5) is 4.79 Å². The van der Waals surface area contributed by atoms with E-state index in [2.05, 4.69) is 10.0 Å². The molecule has 3 aromatic carbocycles. The average molecular weight is 396 g/mol. The number of benzene rings is 3. The number of carbonyl (C=O) groups excluding carboxylic acids is 1. The number of methoxy groups -OCH3 is 1. The molecule has 3 aromatic rings. The Labute approximate surface area is 164 Å². The van der Waals surface area contributed by atoms with E-state index in [1.807, 2.05) is 60.7 Å². The highest BCUT2D eigenvalue weighted by atomic mass is 32.2. The van der Waals surface area contributed by atoms with Crippen LogP contribution in [0.15, 0.2) is 89.8 Å². The third-order valence-corrected chi connectivity index (χ3v) is 5.48. The topological polar surface area (TPSA) is 84.5 Å². The van der Waals surface area contributed by atoms with Gasteiger partial charge < -0.3 is 10.1 Å². The number of amides is 2. The van der Waals surface area contributed by atoms with Crippen molar-refractivity contribution < 1.29 is 17.9 Å². The molecule has 2 N–H and O–H groups in total. The highest BCUT2D eigenvalue weighted by Gasteiger charge is 2.21. The summed E-state index contributed by atoms with van der Waals surface area (Å²) in [6.07, 6.45) is 0. The molecule has 0 aliphatic heterocycles. The van der Waals surface area contributed by atoms with E-state index in [1.54, 1.807) is 0 Å². The number of hydrogen-bond acceptors (Lipinski definition) is 4. The maximum atomic E-state index is 12.5. The molecule has 0 fully saturated rings. The fourth-order valence-corrected chi connectivity index (χ4v) is 3.66. The Bertz CT molecular complexity index is 982. The van der Waals surface area contributed by atoms with Crippen LogP contribution in [0.5, 0.6) is 5.75 Å². The molecule has 0 spiro atoms. The van der Waals surface area contributed by atoms with E-state index in [1.165, 1.54) is 31.4 Å². The molecule has 0 saturated heterocycles. The lowest BCUT2D eigenvalue weighted by Crippen LogP contribution is -2.41. The Hall–Kier alpha value is -3.32. The maximum absolute atomic E-state index is 12.5. The number of rotatable bonds is 6. The zero-order valence-corrected chi connectivity index (χ0v) is 16.0. The molecule has 6 nitrogen and oxygen atoms in total. The van der Waals surface area contributed by atoms with E-state index in [0.29, 0.717) is 5.75 Å². The van der Waals surface area contributed by atoms with Crippen LogP contribution < -0.4 is 14.8 Å². The van der Waals surface area contributed by atoms with E-state index in [0.717, 1.165) is 11.1 Å². The molecule has 3 rings (SSSR count). The third kappa shape index (κ3) is 4.69. The number of urea groups is 1. The fourth-order valence-electron chi connectivity index (χ4n) is 2.75. The summed E-state index contributed by atoms with van der Waals surface area (Å²) < 4.78 is 32.0. The van der Waals surface area contributed by atoms with Crippen LogP contribution in [0.1, 0.15) is 17.2 Å². The van der Waals surface area contributed by atoms with Crippen molar-refractivity contribution in [1.82, 2.24) is 10.0 Å². The van der Waals surface area contributed by atoms with Gasteiger partial charge in [-0.15, -0.1) is 0 Å². The molecule has 0 radical (unpaired) electrons. The number of nitrogens with one attached hydrogen (secondary N) is 2. The van der Waals surface area contributed by atoms with E-state index in [-0.39, 0.29) is 4.90 Å². The van der Waals surface area contributed by atoms with E-state index in [9.17, 15) is 13.2 Å². The molecule has 7 heteroatoms. The molecule has 0 saturated carbocycles. The van der Waals surface area contributed by atoms with Crippen molar-refractivity contribution in [3.63, 3.8) is 0 Å². The average Bonchev–Trinajstić information content (AvgIpc) is 2.73. The van der Waals surface area contributed by atoms with Gasteiger partial charge in [-0.25, -0.2) is 17.9 Å². The molecule has 0 heterocycles. The predicted octanol–water partition coefficient (Wildman–Crippen LogP) is 3.47. The Morgan fingerprint density at radius 1 is 0.821 bits per heavy atom. The summed E-state index contributed by atoms with van der Waals surface area (Å²) in [4.78, 5) is 12.5. The minimum Gasteiger partial charge on any atom is -0.497 e. The van der Waals surface area contributed by atoms with Crippen LogP contribution in [0.25, 0.3) is 0 Å². The fraction of sp³-hybridized carbons (Fsp3) is 0.0952. The summed E-state index contributed by atoms with van der Waals surface area (Å²) in [5, 5.41) is 2.74.